The molecule has 3 aliphatic heterocycles. The van der Waals surface area contributed by atoms with E-state index < -0.39 is 112 Å². The third-order valence-electron chi connectivity index (χ3n) is 6.82. The Hall–Kier alpha value is -1.33. The molecule has 0 aromatic carbocycles. The molecule has 0 saturated carbocycles. The van der Waals surface area contributed by atoms with E-state index in [9.17, 15) is 51.1 Å². The molecule has 19 nitrogen and oxygen atoms in total. The van der Waals surface area contributed by atoms with E-state index in [1.165, 1.54) is 0 Å². The number of aliphatic hydroxyl groups excluding tert-OH is 10. The van der Waals surface area contributed by atoms with Crippen molar-refractivity contribution < 1.29 is 79.5 Å². The number of ether oxygens (including phenoxy) is 6. The highest BCUT2D eigenvalue weighted by Crippen LogP contribution is 2.32. The van der Waals surface area contributed by atoms with E-state index in [4.69, 9.17) is 34.0 Å². The third-order valence-corrected chi connectivity index (χ3v) is 6.82. The van der Waals surface area contributed by atoms with Crippen LogP contribution in [-0.2, 0) is 28.4 Å². The summed E-state index contributed by atoms with van der Waals surface area (Å²) < 4.78 is 32.6. The van der Waals surface area contributed by atoms with Gasteiger partial charge in [-0.25, -0.2) is 0 Å². The van der Waals surface area contributed by atoms with Crippen LogP contribution in [0.15, 0.2) is 5.11 Å². The lowest BCUT2D eigenvalue weighted by atomic mass is 9.96. The van der Waals surface area contributed by atoms with Gasteiger partial charge in [-0.1, -0.05) is 5.11 Å². The molecule has 3 heterocycles. The van der Waals surface area contributed by atoms with Crippen molar-refractivity contribution in [2.45, 2.75) is 98.5 Å². The number of hydrogen-bond acceptors (Lipinski definition) is 17. The number of azide groups is 1. The summed E-state index contributed by atoms with van der Waals surface area (Å²) in [4.78, 5) is 2.59. The van der Waals surface area contributed by atoms with E-state index >= 15 is 0 Å². The molecular weight excluding hydrogens is 550 g/mol. The van der Waals surface area contributed by atoms with Gasteiger partial charge in [0.05, 0.1) is 19.8 Å². The summed E-state index contributed by atoms with van der Waals surface area (Å²) in [5.41, 5.74) is 8.30. The van der Waals surface area contributed by atoms with Crippen LogP contribution in [0.2, 0.25) is 0 Å². The molecule has 10 N–H and O–H groups in total. The largest absolute Gasteiger partial charge is 0.394 e. The lowest BCUT2D eigenvalue weighted by Crippen LogP contribution is -2.66. The SMILES string of the molecule is [N-]=[N+]=NCCCO[C@@H]1O[C@H](CO)[C@@H](O[C@H]2O[C@H](CO)[C@@H](O[C@H]3O[C@H](CO)[C@@H](O)[C@H](O)[C@H]3O)[C@H](O)[C@H]2O)[C@H](O)[C@H]1O. The molecule has 40 heavy (non-hydrogen) atoms. The Bertz CT molecular complexity index is 819. The molecule has 0 unspecified atom stereocenters. The van der Waals surface area contributed by atoms with Crippen molar-refractivity contribution in [2.75, 3.05) is 33.0 Å². The molecule has 19 heteroatoms. The summed E-state index contributed by atoms with van der Waals surface area (Å²) >= 11 is 0. The van der Waals surface area contributed by atoms with Gasteiger partial charge in [-0.15, -0.1) is 0 Å². The molecular formula is C21H37N3O16. The van der Waals surface area contributed by atoms with E-state index in [0.29, 0.717) is 0 Å². The van der Waals surface area contributed by atoms with Gasteiger partial charge in [0.1, 0.15) is 73.2 Å². The molecule has 3 saturated heterocycles. The maximum absolute atomic E-state index is 10.8. The summed E-state index contributed by atoms with van der Waals surface area (Å²) in [7, 11) is 0. The van der Waals surface area contributed by atoms with Crippen molar-refractivity contribution in [3.05, 3.63) is 10.4 Å². The Morgan fingerprint density at radius 2 is 1.05 bits per heavy atom. The topological polar surface area (TPSA) is 306 Å². The second-order valence-electron chi connectivity index (χ2n) is 9.49. The van der Waals surface area contributed by atoms with Crippen molar-refractivity contribution in [1.29, 1.82) is 0 Å². The van der Waals surface area contributed by atoms with Crippen molar-refractivity contribution in [2.24, 2.45) is 5.11 Å². The predicted octanol–water partition coefficient (Wildman–Crippen LogP) is -5.85. The van der Waals surface area contributed by atoms with Crippen LogP contribution < -0.4 is 0 Å². The van der Waals surface area contributed by atoms with E-state index in [-0.39, 0.29) is 19.6 Å². The van der Waals surface area contributed by atoms with Crippen molar-refractivity contribution in [1.82, 2.24) is 0 Å². The van der Waals surface area contributed by atoms with Crippen molar-refractivity contribution >= 4 is 0 Å². The molecule has 3 aliphatic rings. The standard InChI is InChI=1S/C21H37N3O16/c22-24-23-2-1-3-35-19-15(33)12(30)17(8(5-26)37-19)40-21-16(34)13(31)18(9(6-27)38-21)39-20-14(32)11(29)10(28)7(4-25)36-20/h7-21,25-34H,1-6H2/t7-,8-,9-,10-,11+,12-,13-,14-,15-,16-,17-,18-,19-,20-,21-/m1/s1. The maximum atomic E-state index is 10.8. The molecule has 3 fully saturated rings. The summed E-state index contributed by atoms with van der Waals surface area (Å²) in [6.07, 6.45) is -24.3. The normalized spacial score (nSPS) is 46.1. The average molecular weight is 588 g/mol. The first-order chi connectivity index (χ1) is 19.1. The van der Waals surface area contributed by atoms with E-state index in [2.05, 4.69) is 10.0 Å². The minimum absolute atomic E-state index is 0.0121. The van der Waals surface area contributed by atoms with Crippen LogP contribution >= 0.6 is 0 Å². The number of hydrogen-bond donors (Lipinski definition) is 10. The van der Waals surface area contributed by atoms with Gasteiger partial charge < -0.3 is 79.5 Å². The van der Waals surface area contributed by atoms with E-state index in [1.54, 1.807) is 0 Å². The highest BCUT2D eigenvalue weighted by molar-refractivity contribution is 4.96. The maximum Gasteiger partial charge on any atom is 0.187 e. The molecule has 15 atom stereocenters. The number of rotatable bonds is 12. The minimum atomic E-state index is -1.92. The summed E-state index contributed by atoms with van der Waals surface area (Å²) in [5, 5.41) is 105. The zero-order valence-corrected chi connectivity index (χ0v) is 21.2. The zero-order valence-electron chi connectivity index (χ0n) is 21.2. The first kappa shape index (κ1) is 33.2. The monoisotopic (exact) mass is 587 g/mol. The average Bonchev–Trinajstić information content (AvgIpc) is 2.95. The summed E-state index contributed by atoms with van der Waals surface area (Å²) in [5.74, 6) is 0. The number of nitrogens with zero attached hydrogens (tertiary/aromatic N) is 3. The molecule has 0 radical (unpaired) electrons. The van der Waals surface area contributed by atoms with Gasteiger partial charge in [-0.2, -0.15) is 0 Å². The quantitative estimate of drug-likeness (QED) is 0.0440. The van der Waals surface area contributed by atoms with Gasteiger partial charge in [0.2, 0.25) is 0 Å². The Kier molecular flexibility index (Phi) is 12.6. The molecule has 0 amide bonds. The lowest BCUT2D eigenvalue weighted by Gasteiger charge is -2.48. The Morgan fingerprint density at radius 1 is 0.600 bits per heavy atom. The van der Waals surface area contributed by atoms with Gasteiger partial charge in [0.15, 0.2) is 18.9 Å². The highest BCUT2D eigenvalue weighted by Gasteiger charge is 2.53. The predicted molar refractivity (Wildman–Crippen MR) is 124 cm³/mol. The second-order valence-corrected chi connectivity index (χ2v) is 9.49. The van der Waals surface area contributed by atoms with Crippen molar-refractivity contribution in [3.8, 4) is 0 Å². The summed E-state index contributed by atoms with van der Waals surface area (Å²) in [6.45, 7) is -2.20. The van der Waals surface area contributed by atoms with Gasteiger partial charge >= 0.3 is 0 Å². The first-order valence-corrected chi connectivity index (χ1v) is 12.6. The van der Waals surface area contributed by atoms with Crippen LogP contribution in [0.1, 0.15) is 6.42 Å². The van der Waals surface area contributed by atoms with Gasteiger partial charge in [0, 0.05) is 18.1 Å². The van der Waals surface area contributed by atoms with Crippen LogP contribution in [0, 0.1) is 0 Å². The Balaban J connectivity index is 1.65. The second kappa shape index (κ2) is 15.2. The lowest BCUT2D eigenvalue weighted by molar-refractivity contribution is -0.379. The van der Waals surface area contributed by atoms with Crippen LogP contribution in [0.5, 0.6) is 0 Å². The molecule has 0 aliphatic carbocycles. The molecule has 0 spiro atoms. The minimum Gasteiger partial charge on any atom is -0.394 e. The van der Waals surface area contributed by atoms with Crippen LogP contribution in [-0.4, -0.2) is 176 Å². The smallest absolute Gasteiger partial charge is 0.187 e. The van der Waals surface area contributed by atoms with Crippen molar-refractivity contribution in [3.63, 3.8) is 0 Å². The summed E-state index contributed by atoms with van der Waals surface area (Å²) in [6, 6.07) is 0. The van der Waals surface area contributed by atoms with Gasteiger partial charge in [-0.3, -0.25) is 0 Å². The van der Waals surface area contributed by atoms with Gasteiger partial charge in [-0.05, 0) is 12.0 Å². The van der Waals surface area contributed by atoms with Crippen LogP contribution in [0.25, 0.3) is 10.4 Å². The van der Waals surface area contributed by atoms with E-state index in [1.807, 2.05) is 0 Å². The van der Waals surface area contributed by atoms with Crippen LogP contribution in [0.3, 0.4) is 0 Å². The molecule has 0 aromatic heterocycles. The fourth-order valence-corrected chi connectivity index (χ4v) is 4.56. The first-order valence-electron chi connectivity index (χ1n) is 12.6. The molecule has 232 valence electrons. The highest BCUT2D eigenvalue weighted by atomic mass is 16.8. The number of aliphatic hydroxyl groups is 10. The van der Waals surface area contributed by atoms with E-state index in [0.717, 1.165) is 0 Å². The molecule has 0 bridgehead atoms. The molecule has 3 rings (SSSR count). The zero-order chi connectivity index (χ0) is 29.6. The fourth-order valence-electron chi connectivity index (χ4n) is 4.56. The van der Waals surface area contributed by atoms with Crippen LogP contribution in [0.4, 0.5) is 0 Å². The van der Waals surface area contributed by atoms with Gasteiger partial charge in [0.25, 0.3) is 0 Å². The fraction of sp³-hybridized carbons (Fsp3) is 1.00. The Morgan fingerprint density at radius 3 is 1.55 bits per heavy atom. The third kappa shape index (κ3) is 7.35. The Labute approximate surface area is 227 Å². The molecule has 0 aromatic rings.